The standard InChI is InChI=1S/C17H19FN2O3/c1-10(2)9-23-13-7-11(6-12(18)8-13)15-5-4-14(16(19)20-15)17(21)22-3/h4-8,10H,9H2,1-3H3,(H2,19,20). The Labute approximate surface area is 134 Å². The average Bonchev–Trinajstić information content (AvgIpc) is 2.51. The van der Waals surface area contributed by atoms with E-state index in [1.54, 1.807) is 12.1 Å². The Morgan fingerprint density at radius 1 is 1.30 bits per heavy atom. The monoisotopic (exact) mass is 318 g/mol. The van der Waals surface area contributed by atoms with Crippen LogP contribution in [0.4, 0.5) is 10.2 Å². The van der Waals surface area contributed by atoms with Crippen LogP contribution in [-0.2, 0) is 4.74 Å². The summed E-state index contributed by atoms with van der Waals surface area (Å²) >= 11 is 0. The average molecular weight is 318 g/mol. The molecule has 0 bridgehead atoms. The van der Waals surface area contributed by atoms with E-state index in [0.717, 1.165) is 0 Å². The molecule has 0 saturated heterocycles. The summed E-state index contributed by atoms with van der Waals surface area (Å²) in [5.41, 5.74) is 6.91. The van der Waals surface area contributed by atoms with Crippen molar-refractivity contribution in [2.45, 2.75) is 13.8 Å². The second kappa shape index (κ2) is 7.09. The van der Waals surface area contributed by atoms with E-state index >= 15 is 0 Å². The number of aromatic nitrogens is 1. The zero-order valence-corrected chi connectivity index (χ0v) is 13.3. The summed E-state index contributed by atoms with van der Waals surface area (Å²) in [5, 5.41) is 0. The largest absolute Gasteiger partial charge is 0.493 e. The third kappa shape index (κ3) is 4.18. The van der Waals surface area contributed by atoms with Gasteiger partial charge in [-0.3, -0.25) is 0 Å². The molecule has 0 saturated carbocycles. The van der Waals surface area contributed by atoms with E-state index in [0.29, 0.717) is 29.5 Å². The van der Waals surface area contributed by atoms with Crippen LogP contribution in [0.5, 0.6) is 5.75 Å². The van der Waals surface area contributed by atoms with Crippen LogP contribution in [-0.4, -0.2) is 24.7 Å². The molecule has 6 heteroatoms. The van der Waals surface area contributed by atoms with Gasteiger partial charge in [0.25, 0.3) is 0 Å². The van der Waals surface area contributed by atoms with E-state index in [1.807, 2.05) is 13.8 Å². The minimum Gasteiger partial charge on any atom is -0.493 e. The van der Waals surface area contributed by atoms with Crippen LogP contribution < -0.4 is 10.5 Å². The molecular weight excluding hydrogens is 299 g/mol. The van der Waals surface area contributed by atoms with E-state index in [-0.39, 0.29) is 11.4 Å². The van der Waals surface area contributed by atoms with Gasteiger partial charge in [0.15, 0.2) is 0 Å². The smallest absolute Gasteiger partial charge is 0.341 e. The lowest BCUT2D eigenvalue weighted by Crippen LogP contribution is -2.08. The normalized spacial score (nSPS) is 10.7. The molecule has 1 heterocycles. The molecule has 0 aliphatic carbocycles. The summed E-state index contributed by atoms with van der Waals surface area (Å²) < 4.78 is 24.0. The van der Waals surface area contributed by atoms with Crippen LogP contribution >= 0.6 is 0 Å². The highest BCUT2D eigenvalue weighted by Gasteiger charge is 2.13. The second-order valence-corrected chi connectivity index (χ2v) is 5.50. The quantitative estimate of drug-likeness (QED) is 0.856. The Kier molecular flexibility index (Phi) is 5.16. The molecule has 0 radical (unpaired) electrons. The topological polar surface area (TPSA) is 74.4 Å². The number of methoxy groups -OCH3 is 1. The van der Waals surface area contributed by atoms with Gasteiger partial charge in [-0.15, -0.1) is 0 Å². The number of hydrogen-bond acceptors (Lipinski definition) is 5. The minimum absolute atomic E-state index is 0.0308. The number of nitrogens with two attached hydrogens (primary N) is 1. The predicted molar refractivity (Wildman–Crippen MR) is 85.7 cm³/mol. The van der Waals surface area contributed by atoms with Gasteiger partial charge in [0.05, 0.1) is 19.4 Å². The summed E-state index contributed by atoms with van der Waals surface area (Å²) in [5.74, 6) is -0.218. The molecule has 0 atom stereocenters. The molecule has 5 nitrogen and oxygen atoms in total. The molecular formula is C17H19FN2O3. The highest BCUT2D eigenvalue weighted by Crippen LogP contribution is 2.26. The maximum Gasteiger partial charge on any atom is 0.341 e. The van der Waals surface area contributed by atoms with Gasteiger partial charge in [0, 0.05) is 11.6 Å². The molecule has 2 rings (SSSR count). The summed E-state index contributed by atoms with van der Waals surface area (Å²) in [6.07, 6.45) is 0. The fourth-order valence-electron chi connectivity index (χ4n) is 1.98. The lowest BCUT2D eigenvalue weighted by molar-refractivity contribution is 0.0601. The van der Waals surface area contributed by atoms with Crippen molar-refractivity contribution >= 4 is 11.8 Å². The number of rotatable bonds is 5. The van der Waals surface area contributed by atoms with Gasteiger partial charge in [-0.05, 0) is 30.2 Å². The predicted octanol–water partition coefficient (Wildman–Crippen LogP) is 3.29. The molecule has 23 heavy (non-hydrogen) atoms. The highest BCUT2D eigenvalue weighted by molar-refractivity contribution is 5.94. The van der Waals surface area contributed by atoms with E-state index < -0.39 is 11.8 Å². The van der Waals surface area contributed by atoms with E-state index in [1.165, 1.54) is 25.3 Å². The Balaban J connectivity index is 2.34. The first kappa shape index (κ1) is 16.7. The number of benzene rings is 1. The fraction of sp³-hybridized carbons (Fsp3) is 0.294. The molecule has 1 aromatic carbocycles. The summed E-state index contributed by atoms with van der Waals surface area (Å²) in [4.78, 5) is 15.7. The summed E-state index contributed by atoms with van der Waals surface area (Å²) in [6.45, 7) is 4.50. The minimum atomic E-state index is -0.568. The van der Waals surface area contributed by atoms with Gasteiger partial charge < -0.3 is 15.2 Å². The van der Waals surface area contributed by atoms with Crippen LogP contribution in [0.25, 0.3) is 11.3 Å². The summed E-state index contributed by atoms with van der Waals surface area (Å²) in [6, 6.07) is 7.43. The number of halogens is 1. The number of nitrogen functional groups attached to an aromatic ring is 1. The van der Waals surface area contributed by atoms with Gasteiger partial charge in [0.1, 0.15) is 22.9 Å². The van der Waals surface area contributed by atoms with E-state index in [9.17, 15) is 9.18 Å². The van der Waals surface area contributed by atoms with Crippen molar-refractivity contribution in [2.24, 2.45) is 5.92 Å². The van der Waals surface area contributed by atoms with Crippen LogP contribution in [0, 0.1) is 11.7 Å². The highest BCUT2D eigenvalue weighted by atomic mass is 19.1. The second-order valence-electron chi connectivity index (χ2n) is 5.50. The number of pyridine rings is 1. The van der Waals surface area contributed by atoms with Crippen molar-refractivity contribution in [1.29, 1.82) is 0 Å². The van der Waals surface area contributed by atoms with Gasteiger partial charge in [-0.1, -0.05) is 13.8 Å². The van der Waals surface area contributed by atoms with Gasteiger partial charge >= 0.3 is 5.97 Å². The molecule has 0 aliphatic rings. The molecule has 2 aromatic rings. The Bertz CT molecular complexity index is 717. The van der Waals surface area contributed by atoms with Crippen molar-refractivity contribution in [1.82, 2.24) is 4.98 Å². The van der Waals surface area contributed by atoms with Crippen molar-refractivity contribution in [3.63, 3.8) is 0 Å². The molecule has 0 fully saturated rings. The van der Waals surface area contributed by atoms with Gasteiger partial charge in [-0.2, -0.15) is 0 Å². The zero-order valence-electron chi connectivity index (χ0n) is 13.3. The van der Waals surface area contributed by atoms with Crippen LogP contribution in [0.1, 0.15) is 24.2 Å². The molecule has 1 aromatic heterocycles. The molecule has 122 valence electrons. The van der Waals surface area contributed by atoms with Crippen LogP contribution in [0.15, 0.2) is 30.3 Å². The van der Waals surface area contributed by atoms with Crippen molar-refractivity contribution in [3.8, 4) is 17.0 Å². The fourth-order valence-corrected chi connectivity index (χ4v) is 1.98. The molecule has 0 amide bonds. The van der Waals surface area contributed by atoms with Crippen LogP contribution in [0.3, 0.4) is 0 Å². The number of anilines is 1. The first-order valence-corrected chi connectivity index (χ1v) is 7.19. The SMILES string of the molecule is COC(=O)c1ccc(-c2cc(F)cc(OCC(C)C)c2)nc1N. The number of nitrogens with zero attached hydrogens (tertiary/aromatic N) is 1. The lowest BCUT2D eigenvalue weighted by Gasteiger charge is -2.11. The Morgan fingerprint density at radius 2 is 2.04 bits per heavy atom. The maximum absolute atomic E-state index is 13.8. The molecule has 0 aliphatic heterocycles. The van der Waals surface area contributed by atoms with E-state index in [4.69, 9.17) is 10.5 Å². The van der Waals surface area contributed by atoms with Crippen LogP contribution in [0.2, 0.25) is 0 Å². The third-order valence-corrected chi connectivity index (χ3v) is 3.08. The molecule has 0 unspecified atom stereocenters. The first-order valence-electron chi connectivity index (χ1n) is 7.19. The van der Waals surface area contributed by atoms with Gasteiger partial charge in [0.2, 0.25) is 0 Å². The number of hydrogen-bond donors (Lipinski definition) is 1. The molecule has 0 spiro atoms. The number of ether oxygens (including phenoxy) is 2. The number of carbonyl (C=O) groups excluding carboxylic acids is 1. The van der Waals surface area contributed by atoms with Crippen molar-refractivity contribution in [2.75, 3.05) is 19.5 Å². The molecule has 2 N–H and O–H groups in total. The van der Waals surface area contributed by atoms with Crippen molar-refractivity contribution in [3.05, 3.63) is 41.7 Å². The summed E-state index contributed by atoms with van der Waals surface area (Å²) in [7, 11) is 1.26. The third-order valence-electron chi connectivity index (χ3n) is 3.08. The van der Waals surface area contributed by atoms with E-state index in [2.05, 4.69) is 9.72 Å². The lowest BCUT2D eigenvalue weighted by atomic mass is 10.1. The maximum atomic E-state index is 13.8. The Hall–Kier alpha value is -2.63. The van der Waals surface area contributed by atoms with Gasteiger partial charge in [-0.25, -0.2) is 14.2 Å². The number of carbonyl (C=O) groups is 1. The Morgan fingerprint density at radius 3 is 2.65 bits per heavy atom. The first-order chi connectivity index (χ1) is 10.9. The van der Waals surface area contributed by atoms with Crippen molar-refractivity contribution < 1.29 is 18.7 Å². The zero-order chi connectivity index (χ0) is 17.0. The number of esters is 1.